The molecule has 0 rings (SSSR count). The maximum absolute atomic E-state index is 11.1. The molecule has 0 heterocycles. The molecule has 0 aliphatic heterocycles. The molecule has 0 bridgehead atoms. The predicted molar refractivity (Wildman–Crippen MR) is 56.3 cm³/mol. The molecule has 0 aromatic carbocycles. The van der Waals surface area contributed by atoms with E-state index in [0.29, 0.717) is 0 Å². The zero-order valence-corrected chi connectivity index (χ0v) is 9.65. The molecule has 1 unspecified atom stereocenters. The van der Waals surface area contributed by atoms with Gasteiger partial charge in [0.1, 0.15) is 6.54 Å². The molecule has 8 heteroatoms. The molecule has 8 nitrogen and oxygen atoms in total. The Morgan fingerprint density at radius 3 is 2.35 bits per heavy atom. The van der Waals surface area contributed by atoms with Crippen molar-refractivity contribution >= 4 is 18.0 Å². The van der Waals surface area contributed by atoms with Gasteiger partial charge in [0, 0.05) is 6.54 Å². The summed E-state index contributed by atoms with van der Waals surface area (Å²) in [5.41, 5.74) is -1.55. The second kappa shape index (κ2) is 6.69. The van der Waals surface area contributed by atoms with Crippen molar-refractivity contribution in [3.63, 3.8) is 0 Å². The number of carboxylic acids is 1. The molecule has 0 fully saturated rings. The smallest absolute Gasteiger partial charge is 0.325 e. The molecule has 0 aromatic heterocycles. The van der Waals surface area contributed by atoms with E-state index < -0.39 is 30.0 Å². The van der Waals surface area contributed by atoms with Gasteiger partial charge in [0.15, 0.2) is 0 Å². The van der Waals surface area contributed by atoms with Crippen LogP contribution in [-0.4, -0.2) is 54.0 Å². The number of amides is 2. The zero-order chi connectivity index (χ0) is 13.5. The van der Waals surface area contributed by atoms with E-state index >= 15 is 0 Å². The van der Waals surface area contributed by atoms with Crippen molar-refractivity contribution in [1.82, 2.24) is 10.6 Å². The summed E-state index contributed by atoms with van der Waals surface area (Å²) in [4.78, 5) is 32.1. The first-order valence-corrected chi connectivity index (χ1v) is 4.79. The lowest BCUT2D eigenvalue weighted by Crippen LogP contribution is -2.46. The predicted octanol–water partition coefficient (Wildman–Crippen LogP) is -1.32. The van der Waals surface area contributed by atoms with Crippen LogP contribution in [0.4, 0.5) is 4.79 Å². The maximum atomic E-state index is 11.1. The van der Waals surface area contributed by atoms with Crippen LogP contribution in [0.3, 0.4) is 0 Å². The first kappa shape index (κ1) is 15.2. The number of rotatable bonds is 6. The first-order valence-electron chi connectivity index (χ1n) is 4.79. The van der Waals surface area contributed by atoms with Gasteiger partial charge in [-0.2, -0.15) is 0 Å². The molecule has 98 valence electrons. The topological polar surface area (TPSA) is 125 Å². The van der Waals surface area contributed by atoms with Crippen molar-refractivity contribution in [2.75, 3.05) is 20.2 Å². The number of carbonyl (C=O) groups is 3. The third-order valence-electron chi connectivity index (χ3n) is 1.78. The van der Waals surface area contributed by atoms with E-state index in [2.05, 4.69) is 15.4 Å². The summed E-state index contributed by atoms with van der Waals surface area (Å²) >= 11 is 0. The molecular formula is C9H16N2O6. The Kier molecular flexibility index (Phi) is 5.97. The lowest BCUT2D eigenvalue weighted by atomic mass is 10.0. The van der Waals surface area contributed by atoms with Gasteiger partial charge in [-0.05, 0) is 6.92 Å². The quantitative estimate of drug-likeness (QED) is 0.432. The molecule has 1 atom stereocenters. The largest absolute Gasteiger partial charge is 0.481 e. The molecule has 0 aliphatic rings. The van der Waals surface area contributed by atoms with Crippen molar-refractivity contribution < 1.29 is 29.3 Å². The van der Waals surface area contributed by atoms with Gasteiger partial charge < -0.3 is 25.6 Å². The number of methoxy groups -OCH3 is 1. The highest BCUT2D eigenvalue weighted by Crippen LogP contribution is 2.06. The summed E-state index contributed by atoms with van der Waals surface area (Å²) in [5, 5.41) is 22.4. The molecule has 0 saturated carbocycles. The third-order valence-corrected chi connectivity index (χ3v) is 1.78. The van der Waals surface area contributed by atoms with Crippen LogP contribution in [0.25, 0.3) is 0 Å². The van der Waals surface area contributed by atoms with Crippen molar-refractivity contribution in [1.29, 1.82) is 0 Å². The number of aliphatic carboxylic acids is 1. The highest BCUT2D eigenvalue weighted by Gasteiger charge is 2.24. The summed E-state index contributed by atoms with van der Waals surface area (Å²) < 4.78 is 4.29. The van der Waals surface area contributed by atoms with E-state index in [-0.39, 0.29) is 13.1 Å². The van der Waals surface area contributed by atoms with Crippen LogP contribution in [0.2, 0.25) is 0 Å². The number of nitrogens with one attached hydrogen (secondary N) is 2. The fourth-order valence-corrected chi connectivity index (χ4v) is 0.946. The zero-order valence-electron chi connectivity index (χ0n) is 9.65. The van der Waals surface area contributed by atoms with Crippen LogP contribution >= 0.6 is 0 Å². The van der Waals surface area contributed by atoms with Crippen LogP contribution in [0.5, 0.6) is 0 Å². The lowest BCUT2D eigenvalue weighted by Gasteiger charge is -2.21. The number of carboxylic acid groups (broad SMARTS) is 1. The van der Waals surface area contributed by atoms with Gasteiger partial charge >= 0.3 is 18.0 Å². The number of esters is 1. The van der Waals surface area contributed by atoms with Crippen LogP contribution in [0.15, 0.2) is 0 Å². The van der Waals surface area contributed by atoms with Gasteiger partial charge in [-0.1, -0.05) is 0 Å². The number of carbonyl (C=O) groups excluding carboxylic acids is 2. The van der Waals surface area contributed by atoms with Gasteiger partial charge in [0.25, 0.3) is 0 Å². The lowest BCUT2D eigenvalue weighted by molar-refractivity contribution is -0.141. The molecule has 2 amide bonds. The Morgan fingerprint density at radius 1 is 1.29 bits per heavy atom. The summed E-state index contributed by atoms with van der Waals surface area (Å²) in [5.74, 6) is -1.79. The fourth-order valence-electron chi connectivity index (χ4n) is 0.946. The van der Waals surface area contributed by atoms with Crippen molar-refractivity contribution in [2.24, 2.45) is 0 Å². The normalized spacial score (nSPS) is 13.4. The van der Waals surface area contributed by atoms with Gasteiger partial charge in [0.2, 0.25) is 0 Å². The van der Waals surface area contributed by atoms with Gasteiger partial charge in [-0.3, -0.25) is 9.59 Å². The second-order valence-corrected chi connectivity index (χ2v) is 3.68. The number of ether oxygens (including phenoxy) is 1. The van der Waals surface area contributed by atoms with Crippen LogP contribution in [0, 0.1) is 0 Å². The van der Waals surface area contributed by atoms with E-state index in [0.717, 1.165) is 0 Å². The maximum Gasteiger partial charge on any atom is 0.325 e. The summed E-state index contributed by atoms with van der Waals surface area (Å²) in [7, 11) is 1.18. The third kappa shape index (κ3) is 8.03. The fraction of sp³-hybridized carbons (Fsp3) is 0.667. The Morgan fingerprint density at radius 2 is 1.88 bits per heavy atom. The Bertz CT molecular complexity index is 302. The minimum absolute atomic E-state index is 0.244. The van der Waals surface area contributed by atoms with Crippen LogP contribution < -0.4 is 10.6 Å². The van der Waals surface area contributed by atoms with Crippen molar-refractivity contribution in [2.45, 2.75) is 18.9 Å². The summed E-state index contributed by atoms with van der Waals surface area (Å²) in [6, 6.07) is -0.693. The molecule has 17 heavy (non-hydrogen) atoms. The minimum atomic E-state index is -1.55. The van der Waals surface area contributed by atoms with Crippen LogP contribution in [-0.2, 0) is 14.3 Å². The van der Waals surface area contributed by atoms with Gasteiger partial charge in [-0.15, -0.1) is 0 Å². The molecule has 0 spiro atoms. The van der Waals surface area contributed by atoms with Crippen LogP contribution in [0.1, 0.15) is 13.3 Å². The number of hydrogen-bond acceptors (Lipinski definition) is 5. The highest BCUT2D eigenvalue weighted by molar-refractivity contribution is 5.80. The number of aliphatic hydroxyl groups is 1. The molecule has 0 radical (unpaired) electrons. The highest BCUT2D eigenvalue weighted by atomic mass is 16.5. The average molecular weight is 248 g/mol. The van der Waals surface area contributed by atoms with E-state index in [4.69, 9.17) is 5.11 Å². The minimum Gasteiger partial charge on any atom is -0.481 e. The number of hydrogen-bond donors (Lipinski definition) is 4. The van der Waals surface area contributed by atoms with E-state index in [1.165, 1.54) is 14.0 Å². The number of urea groups is 1. The van der Waals surface area contributed by atoms with Crippen molar-refractivity contribution in [3.8, 4) is 0 Å². The summed E-state index contributed by atoms with van der Waals surface area (Å²) in [6.45, 7) is 0.734. The first-order chi connectivity index (χ1) is 7.76. The molecule has 4 N–H and O–H groups in total. The Hall–Kier alpha value is -1.83. The Labute approximate surface area is 97.9 Å². The molecular weight excluding hydrogens is 232 g/mol. The van der Waals surface area contributed by atoms with Gasteiger partial charge in [0.05, 0.1) is 19.1 Å². The molecule has 0 aliphatic carbocycles. The Balaban J connectivity index is 3.90. The van der Waals surface area contributed by atoms with Gasteiger partial charge in [-0.25, -0.2) is 4.79 Å². The van der Waals surface area contributed by atoms with E-state index in [1.54, 1.807) is 0 Å². The van der Waals surface area contributed by atoms with E-state index in [1.807, 2.05) is 0 Å². The molecule has 0 saturated heterocycles. The molecule has 0 aromatic rings. The average Bonchev–Trinajstić information content (AvgIpc) is 2.21. The SMILES string of the molecule is COC(=O)CNC(=O)NCC(C)(O)CC(=O)O. The summed E-state index contributed by atoms with van der Waals surface area (Å²) in [6.07, 6.45) is -0.496. The monoisotopic (exact) mass is 248 g/mol. The standard InChI is InChI=1S/C9H16N2O6/c1-9(16,3-6(12)13)5-11-8(15)10-4-7(14)17-2/h16H,3-5H2,1-2H3,(H,12,13)(H2,10,11,15). The van der Waals surface area contributed by atoms with Crippen molar-refractivity contribution in [3.05, 3.63) is 0 Å². The second-order valence-electron chi connectivity index (χ2n) is 3.68. The van der Waals surface area contributed by atoms with E-state index in [9.17, 15) is 19.5 Å².